The van der Waals surface area contributed by atoms with Crippen LogP contribution in [0, 0.1) is 5.82 Å². The number of hydrogen-bond acceptors (Lipinski definition) is 3. The van der Waals surface area contributed by atoms with Gasteiger partial charge in [-0.2, -0.15) is 4.72 Å². The minimum absolute atomic E-state index is 0.0968. The zero-order valence-electron chi connectivity index (χ0n) is 16.5. The molecule has 1 atom stereocenters. The van der Waals surface area contributed by atoms with E-state index in [1.165, 1.54) is 17.0 Å². The molecule has 0 saturated carbocycles. The monoisotopic (exact) mass is 426 g/mol. The lowest BCUT2D eigenvalue weighted by atomic mass is 10.1. The van der Waals surface area contributed by atoms with Gasteiger partial charge in [0.15, 0.2) is 0 Å². The SMILES string of the molecule is CN(Cc1ccccc1)C(=O)[C@@H](Cc1ccccc1)NS(=O)(=O)c1ccc(F)cc1. The summed E-state index contributed by atoms with van der Waals surface area (Å²) in [5.74, 6) is -0.887. The van der Waals surface area contributed by atoms with Gasteiger partial charge in [-0.3, -0.25) is 4.79 Å². The highest BCUT2D eigenvalue weighted by Gasteiger charge is 2.28. The van der Waals surface area contributed by atoms with Crippen LogP contribution in [0.1, 0.15) is 11.1 Å². The van der Waals surface area contributed by atoms with Crippen LogP contribution in [0.4, 0.5) is 4.39 Å². The third-order valence-electron chi connectivity index (χ3n) is 4.64. The van der Waals surface area contributed by atoms with Crippen LogP contribution >= 0.6 is 0 Å². The van der Waals surface area contributed by atoms with Crippen molar-refractivity contribution in [2.75, 3.05) is 7.05 Å². The van der Waals surface area contributed by atoms with Crippen LogP contribution in [0.15, 0.2) is 89.8 Å². The van der Waals surface area contributed by atoms with Gasteiger partial charge in [-0.15, -0.1) is 0 Å². The highest BCUT2D eigenvalue weighted by atomic mass is 32.2. The number of rotatable bonds is 8. The lowest BCUT2D eigenvalue weighted by Gasteiger charge is -2.25. The maximum absolute atomic E-state index is 13.2. The normalized spacial score (nSPS) is 12.3. The Kier molecular flexibility index (Phi) is 6.97. The molecule has 7 heteroatoms. The molecule has 156 valence electrons. The van der Waals surface area contributed by atoms with Crippen molar-refractivity contribution < 1.29 is 17.6 Å². The summed E-state index contributed by atoms with van der Waals surface area (Å²) in [6, 6.07) is 22.1. The Balaban J connectivity index is 1.84. The minimum atomic E-state index is -4.01. The van der Waals surface area contributed by atoms with Gasteiger partial charge in [0.1, 0.15) is 11.9 Å². The van der Waals surface area contributed by atoms with Crippen LogP contribution in [0.2, 0.25) is 0 Å². The fraction of sp³-hybridized carbons (Fsp3) is 0.174. The summed E-state index contributed by atoms with van der Waals surface area (Å²) in [5.41, 5.74) is 1.76. The number of nitrogens with one attached hydrogen (secondary N) is 1. The van der Waals surface area contributed by atoms with Gasteiger partial charge in [0.05, 0.1) is 4.90 Å². The number of likely N-dealkylation sites (N-methyl/N-ethyl adjacent to an activating group) is 1. The summed E-state index contributed by atoms with van der Waals surface area (Å²) in [6.07, 6.45) is 0.194. The summed E-state index contributed by atoms with van der Waals surface area (Å²) in [6.45, 7) is 0.350. The zero-order valence-corrected chi connectivity index (χ0v) is 17.3. The molecule has 3 aromatic rings. The van der Waals surface area contributed by atoms with Crippen molar-refractivity contribution in [3.8, 4) is 0 Å². The van der Waals surface area contributed by atoms with Gasteiger partial charge in [-0.1, -0.05) is 60.7 Å². The van der Waals surface area contributed by atoms with Crippen LogP contribution in [0.25, 0.3) is 0 Å². The predicted molar refractivity (Wildman–Crippen MR) is 114 cm³/mol. The maximum Gasteiger partial charge on any atom is 0.241 e. The highest BCUT2D eigenvalue weighted by molar-refractivity contribution is 7.89. The van der Waals surface area contributed by atoms with Crippen molar-refractivity contribution in [2.24, 2.45) is 0 Å². The van der Waals surface area contributed by atoms with Gasteiger partial charge in [0.2, 0.25) is 15.9 Å². The van der Waals surface area contributed by atoms with E-state index in [-0.39, 0.29) is 17.2 Å². The van der Waals surface area contributed by atoms with Crippen LogP contribution in [0.5, 0.6) is 0 Å². The van der Waals surface area contributed by atoms with Crippen LogP contribution in [-0.4, -0.2) is 32.3 Å². The van der Waals surface area contributed by atoms with Gasteiger partial charge in [0, 0.05) is 13.6 Å². The second-order valence-corrected chi connectivity index (χ2v) is 8.71. The molecule has 0 aliphatic rings. The minimum Gasteiger partial charge on any atom is -0.340 e. The first-order valence-electron chi connectivity index (χ1n) is 9.46. The molecule has 5 nitrogen and oxygen atoms in total. The Morgan fingerprint density at radius 1 is 0.900 bits per heavy atom. The number of carbonyl (C=O) groups excluding carboxylic acids is 1. The molecule has 0 bridgehead atoms. The Bertz CT molecular complexity index is 1070. The van der Waals surface area contributed by atoms with Crippen molar-refractivity contribution in [3.05, 3.63) is 102 Å². The van der Waals surface area contributed by atoms with E-state index < -0.39 is 21.9 Å². The predicted octanol–water partition coefficient (Wildman–Crippen LogP) is 3.37. The van der Waals surface area contributed by atoms with Crippen molar-refractivity contribution in [1.82, 2.24) is 9.62 Å². The molecule has 1 N–H and O–H groups in total. The Labute approximate surface area is 176 Å². The molecule has 0 aromatic heterocycles. The number of amides is 1. The number of carbonyl (C=O) groups is 1. The first kappa shape index (κ1) is 21.7. The number of benzene rings is 3. The van der Waals surface area contributed by atoms with E-state index >= 15 is 0 Å². The Morgan fingerprint density at radius 2 is 1.43 bits per heavy atom. The maximum atomic E-state index is 13.2. The lowest BCUT2D eigenvalue weighted by Crippen LogP contribution is -2.48. The van der Waals surface area contributed by atoms with Crippen molar-refractivity contribution in [1.29, 1.82) is 0 Å². The van der Waals surface area contributed by atoms with Crippen LogP contribution < -0.4 is 4.72 Å². The van der Waals surface area contributed by atoms with Gasteiger partial charge < -0.3 is 4.90 Å². The molecule has 0 aliphatic heterocycles. The van der Waals surface area contributed by atoms with Gasteiger partial charge in [-0.05, 0) is 41.8 Å². The zero-order chi connectivity index (χ0) is 21.6. The first-order valence-corrected chi connectivity index (χ1v) is 10.9. The van der Waals surface area contributed by atoms with Crippen LogP contribution in [-0.2, 0) is 27.8 Å². The lowest BCUT2D eigenvalue weighted by molar-refractivity contribution is -0.132. The van der Waals surface area contributed by atoms with E-state index in [2.05, 4.69) is 4.72 Å². The summed E-state index contributed by atoms with van der Waals surface area (Å²) < 4.78 is 41.3. The molecule has 0 spiro atoms. The molecule has 3 aromatic carbocycles. The summed E-state index contributed by atoms with van der Waals surface area (Å²) >= 11 is 0. The standard InChI is InChI=1S/C23H23FN2O3S/c1-26(17-19-10-6-3-7-11-19)23(27)22(16-18-8-4-2-5-9-18)25-30(28,29)21-14-12-20(24)13-15-21/h2-15,22,25H,16-17H2,1H3/t22-/m1/s1. The van der Waals surface area contributed by atoms with E-state index in [9.17, 15) is 17.6 Å². The average molecular weight is 427 g/mol. The molecule has 0 radical (unpaired) electrons. The second-order valence-electron chi connectivity index (χ2n) is 7.00. The fourth-order valence-corrected chi connectivity index (χ4v) is 4.29. The largest absolute Gasteiger partial charge is 0.340 e. The van der Waals surface area contributed by atoms with Crippen LogP contribution in [0.3, 0.4) is 0 Å². The first-order chi connectivity index (χ1) is 14.3. The molecule has 1 amide bonds. The quantitative estimate of drug-likeness (QED) is 0.601. The molecule has 0 unspecified atom stereocenters. The fourth-order valence-electron chi connectivity index (χ4n) is 3.10. The van der Waals surface area contributed by atoms with E-state index in [1.807, 2.05) is 60.7 Å². The average Bonchev–Trinajstić information content (AvgIpc) is 2.74. The van der Waals surface area contributed by atoms with E-state index in [4.69, 9.17) is 0 Å². The summed E-state index contributed by atoms with van der Waals surface area (Å²) in [7, 11) is -2.37. The van der Waals surface area contributed by atoms with Crippen molar-refractivity contribution in [3.63, 3.8) is 0 Å². The molecular formula is C23H23FN2O3S. The molecule has 0 heterocycles. The highest BCUT2D eigenvalue weighted by Crippen LogP contribution is 2.14. The van der Waals surface area contributed by atoms with Gasteiger partial charge >= 0.3 is 0 Å². The number of halogens is 1. The Morgan fingerprint density at radius 3 is 2.00 bits per heavy atom. The third-order valence-corrected chi connectivity index (χ3v) is 6.13. The topological polar surface area (TPSA) is 66.5 Å². The second kappa shape index (κ2) is 9.65. The summed E-state index contributed by atoms with van der Waals surface area (Å²) in [5, 5.41) is 0. The Hall–Kier alpha value is -3.03. The summed E-state index contributed by atoms with van der Waals surface area (Å²) in [4.78, 5) is 14.6. The molecule has 0 saturated heterocycles. The number of hydrogen-bond donors (Lipinski definition) is 1. The third kappa shape index (κ3) is 5.75. The number of sulfonamides is 1. The molecule has 0 fully saturated rings. The van der Waals surface area contributed by atoms with Gasteiger partial charge in [-0.25, -0.2) is 12.8 Å². The number of nitrogens with zero attached hydrogens (tertiary/aromatic N) is 1. The smallest absolute Gasteiger partial charge is 0.241 e. The molecular weight excluding hydrogens is 403 g/mol. The van der Waals surface area contributed by atoms with Gasteiger partial charge in [0.25, 0.3) is 0 Å². The van der Waals surface area contributed by atoms with Crippen molar-refractivity contribution >= 4 is 15.9 Å². The molecule has 0 aliphatic carbocycles. The van der Waals surface area contributed by atoms with E-state index in [0.29, 0.717) is 6.54 Å². The molecule has 30 heavy (non-hydrogen) atoms. The van der Waals surface area contributed by atoms with E-state index in [1.54, 1.807) is 7.05 Å². The van der Waals surface area contributed by atoms with Crippen molar-refractivity contribution in [2.45, 2.75) is 23.9 Å². The van der Waals surface area contributed by atoms with E-state index in [0.717, 1.165) is 23.3 Å². The molecule has 3 rings (SSSR count).